The first-order valence-electron chi connectivity index (χ1n) is 8.97. The van der Waals surface area contributed by atoms with Crippen molar-refractivity contribution in [3.63, 3.8) is 0 Å². The molecule has 148 valence electrons. The predicted molar refractivity (Wildman–Crippen MR) is 120 cm³/mol. The molecule has 0 saturated carbocycles. The van der Waals surface area contributed by atoms with Gasteiger partial charge >= 0.3 is 5.97 Å². The van der Waals surface area contributed by atoms with E-state index in [1.54, 1.807) is 35.4 Å². The SMILES string of the molecule is O=C(O)c1ccc(-c2nccc(C=C3SC(=S)N(Cc4ccccc4)C3=O)n2)cc1. The fourth-order valence-corrected chi connectivity index (χ4v) is 4.13. The third-order valence-corrected chi connectivity index (χ3v) is 5.78. The summed E-state index contributed by atoms with van der Waals surface area (Å²) in [7, 11) is 0. The van der Waals surface area contributed by atoms with Crippen LogP contribution in [-0.4, -0.2) is 36.2 Å². The maximum absolute atomic E-state index is 12.8. The highest BCUT2D eigenvalue weighted by Gasteiger charge is 2.32. The Morgan fingerprint density at radius 3 is 2.53 bits per heavy atom. The van der Waals surface area contributed by atoms with Crippen LogP contribution in [0.4, 0.5) is 0 Å². The number of aromatic carboxylic acids is 1. The molecule has 1 aliphatic rings. The van der Waals surface area contributed by atoms with Crippen molar-refractivity contribution in [2.75, 3.05) is 0 Å². The molecule has 1 N–H and O–H groups in total. The van der Waals surface area contributed by atoms with Gasteiger partial charge in [0.05, 0.1) is 22.7 Å². The van der Waals surface area contributed by atoms with E-state index in [1.165, 1.54) is 23.9 Å². The van der Waals surface area contributed by atoms with Crippen molar-refractivity contribution in [3.05, 3.63) is 88.6 Å². The highest BCUT2D eigenvalue weighted by Crippen LogP contribution is 2.33. The van der Waals surface area contributed by atoms with Gasteiger partial charge in [0.1, 0.15) is 4.32 Å². The predicted octanol–water partition coefficient (Wildman–Crippen LogP) is 4.24. The summed E-state index contributed by atoms with van der Waals surface area (Å²) in [6, 6.07) is 17.7. The van der Waals surface area contributed by atoms with Crippen LogP contribution in [-0.2, 0) is 11.3 Å². The second-order valence-corrected chi connectivity index (χ2v) is 8.12. The topological polar surface area (TPSA) is 83.4 Å². The summed E-state index contributed by atoms with van der Waals surface area (Å²) in [5.74, 6) is -0.700. The van der Waals surface area contributed by atoms with E-state index in [9.17, 15) is 9.59 Å². The van der Waals surface area contributed by atoms with E-state index in [0.29, 0.717) is 32.9 Å². The number of benzene rings is 2. The van der Waals surface area contributed by atoms with E-state index in [2.05, 4.69) is 9.97 Å². The van der Waals surface area contributed by atoms with Gasteiger partial charge in [0.15, 0.2) is 5.82 Å². The number of thiocarbonyl (C=S) groups is 1. The summed E-state index contributed by atoms with van der Waals surface area (Å²) in [6.45, 7) is 0.424. The first-order valence-corrected chi connectivity index (χ1v) is 10.2. The third kappa shape index (κ3) is 4.29. The number of aromatic nitrogens is 2. The van der Waals surface area contributed by atoms with E-state index in [0.717, 1.165) is 5.56 Å². The first kappa shape index (κ1) is 19.9. The van der Waals surface area contributed by atoms with Crippen LogP contribution in [0, 0.1) is 0 Å². The van der Waals surface area contributed by atoms with E-state index in [1.807, 2.05) is 30.3 Å². The summed E-state index contributed by atoms with van der Waals surface area (Å²) >= 11 is 6.64. The Hall–Kier alpha value is -3.36. The fourth-order valence-electron chi connectivity index (χ4n) is 2.89. The van der Waals surface area contributed by atoms with Gasteiger partial charge in [-0.1, -0.05) is 66.4 Å². The Morgan fingerprint density at radius 2 is 1.83 bits per heavy atom. The van der Waals surface area contributed by atoms with Gasteiger partial charge in [-0.25, -0.2) is 14.8 Å². The smallest absolute Gasteiger partial charge is 0.335 e. The van der Waals surface area contributed by atoms with E-state index in [4.69, 9.17) is 17.3 Å². The second kappa shape index (κ2) is 8.56. The van der Waals surface area contributed by atoms with Crippen molar-refractivity contribution >= 4 is 46.3 Å². The molecule has 30 heavy (non-hydrogen) atoms. The molecule has 0 aliphatic carbocycles. The Balaban J connectivity index is 1.56. The highest BCUT2D eigenvalue weighted by molar-refractivity contribution is 8.26. The van der Waals surface area contributed by atoms with Crippen LogP contribution < -0.4 is 0 Å². The van der Waals surface area contributed by atoms with Crippen LogP contribution in [0.3, 0.4) is 0 Å². The number of thioether (sulfide) groups is 1. The molecular formula is C22H15N3O3S2. The lowest BCUT2D eigenvalue weighted by atomic mass is 10.1. The normalized spacial score (nSPS) is 15.1. The van der Waals surface area contributed by atoms with Crippen molar-refractivity contribution in [1.82, 2.24) is 14.9 Å². The first-order chi connectivity index (χ1) is 14.5. The zero-order valence-corrected chi connectivity index (χ0v) is 17.2. The molecule has 3 aromatic rings. The van der Waals surface area contributed by atoms with Crippen LogP contribution >= 0.6 is 24.0 Å². The number of nitrogens with zero attached hydrogens (tertiary/aromatic N) is 3. The van der Waals surface area contributed by atoms with Gasteiger partial charge in [-0.3, -0.25) is 9.69 Å². The van der Waals surface area contributed by atoms with Crippen molar-refractivity contribution in [2.24, 2.45) is 0 Å². The van der Waals surface area contributed by atoms with Crippen LogP contribution in [0.5, 0.6) is 0 Å². The fraction of sp³-hybridized carbons (Fsp3) is 0.0455. The van der Waals surface area contributed by atoms with Gasteiger partial charge in [-0.2, -0.15) is 0 Å². The van der Waals surface area contributed by atoms with Gasteiger partial charge in [0.2, 0.25) is 0 Å². The van der Waals surface area contributed by atoms with Crippen molar-refractivity contribution in [2.45, 2.75) is 6.54 Å². The molecule has 0 atom stereocenters. The summed E-state index contributed by atoms with van der Waals surface area (Å²) in [5, 5.41) is 9.02. The molecule has 8 heteroatoms. The number of carbonyl (C=O) groups is 2. The lowest BCUT2D eigenvalue weighted by Gasteiger charge is -2.14. The van der Waals surface area contributed by atoms with Crippen LogP contribution in [0.1, 0.15) is 21.6 Å². The molecule has 2 aromatic carbocycles. The maximum atomic E-state index is 12.8. The standard InChI is InChI=1S/C22H15N3O3S2/c26-20-18(30-22(29)25(20)13-14-4-2-1-3-5-14)12-17-10-11-23-19(24-17)15-6-8-16(9-7-15)21(27)28/h1-12H,13H2,(H,27,28). The molecule has 1 saturated heterocycles. The summed E-state index contributed by atoms with van der Waals surface area (Å²) in [6.07, 6.45) is 3.30. The molecule has 4 rings (SSSR count). The Morgan fingerprint density at radius 1 is 1.10 bits per heavy atom. The molecule has 6 nitrogen and oxygen atoms in total. The monoisotopic (exact) mass is 433 g/mol. The largest absolute Gasteiger partial charge is 0.478 e. The van der Waals surface area contributed by atoms with Gasteiger partial charge in [0.25, 0.3) is 5.91 Å². The van der Waals surface area contributed by atoms with Gasteiger partial charge in [0, 0.05) is 11.8 Å². The summed E-state index contributed by atoms with van der Waals surface area (Å²) in [4.78, 5) is 34.7. The van der Waals surface area contributed by atoms with Gasteiger partial charge < -0.3 is 5.11 Å². The molecule has 1 aromatic heterocycles. The molecule has 0 radical (unpaired) electrons. The minimum Gasteiger partial charge on any atom is -0.478 e. The highest BCUT2D eigenvalue weighted by atomic mass is 32.2. The molecule has 1 aliphatic heterocycles. The number of carboxylic acids is 1. The lowest BCUT2D eigenvalue weighted by Crippen LogP contribution is -2.27. The Bertz CT molecular complexity index is 1160. The van der Waals surface area contributed by atoms with Crippen LogP contribution in [0.2, 0.25) is 0 Å². The minimum absolute atomic E-state index is 0.153. The number of carbonyl (C=O) groups excluding carboxylic acids is 1. The summed E-state index contributed by atoms with van der Waals surface area (Å²) in [5.41, 5.74) is 2.45. The number of hydrogen-bond donors (Lipinski definition) is 1. The molecule has 0 bridgehead atoms. The number of amides is 1. The second-order valence-electron chi connectivity index (χ2n) is 6.44. The van der Waals surface area contributed by atoms with Crippen LogP contribution in [0.25, 0.3) is 17.5 Å². The van der Waals surface area contributed by atoms with Crippen molar-refractivity contribution < 1.29 is 14.7 Å². The van der Waals surface area contributed by atoms with E-state index < -0.39 is 5.97 Å². The molecule has 2 heterocycles. The average Bonchev–Trinajstić information content (AvgIpc) is 3.02. The van der Waals surface area contributed by atoms with E-state index >= 15 is 0 Å². The maximum Gasteiger partial charge on any atom is 0.335 e. The number of rotatable bonds is 5. The van der Waals surface area contributed by atoms with Crippen LogP contribution in [0.15, 0.2) is 71.8 Å². The molecule has 0 unspecified atom stereocenters. The number of hydrogen-bond acceptors (Lipinski definition) is 6. The van der Waals surface area contributed by atoms with E-state index in [-0.39, 0.29) is 11.5 Å². The molecule has 0 spiro atoms. The number of carboxylic acid groups (broad SMARTS) is 1. The van der Waals surface area contributed by atoms with Gasteiger partial charge in [-0.05, 0) is 29.8 Å². The lowest BCUT2D eigenvalue weighted by molar-refractivity contribution is -0.122. The minimum atomic E-state index is -0.992. The zero-order chi connectivity index (χ0) is 21.1. The average molecular weight is 434 g/mol. The molecule has 1 amide bonds. The Labute approximate surface area is 182 Å². The van der Waals surface area contributed by atoms with Crippen molar-refractivity contribution in [3.8, 4) is 11.4 Å². The summed E-state index contributed by atoms with van der Waals surface area (Å²) < 4.78 is 0.508. The molecule has 1 fully saturated rings. The van der Waals surface area contributed by atoms with Gasteiger partial charge in [-0.15, -0.1) is 0 Å². The molecular weight excluding hydrogens is 418 g/mol. The quantitative estimate of drug-likeness (QED) is 0.476. The third-order valence-electron chi connectivity index (χ3n) is 4.40. The zero-order valence-electron chi connectivity index (χ0n) is 15.6. The Kier molecular flexibility index (Phi) is 5.69. The van der Waals surface area contributed by atoms with Crippen molar-refractivity contribution in [1.29, 1.82) is 0 Å².